The molecule has 1 aromatic carbocycles. The van der Waals surface area contributed by atoms with Crippen molar-refractivity contribution in [3.63, 3.8) is 0 Å². The molecule has 1 N–H and O–H groups in total. The molecule has 1 aliphatic carbocycles. The molecule has 0 bridgehead atoms. The first-order valence-electron chi connectivity index (χ1n) is 5.86. The van der Waals surface area contributed by atoms with Gasteiger partial charge in [-0.1, -0.05) is 17.7 Å². The lowest BCUT2D eigenvalue weighted by atomic mass is 10.2. The number of thiazole rings is 1. The van der Waals surface area contributed by atoms with Gasteiger partial charge in [-0.2, -0.15) is 0 Å². The second-order valence-corrected chi connectivity index (χ2v) is 5.94. The highest BCUT2D eigenvalue weighted by Crippen LogP contribution is 2.28. The normalized spacial score (nSPS) is 15.0. The molecule has 94 valence electrons. The summed E-state index contributed by atoms with van der Waals surface area (Å²) in [5.74, 6) is -0.401. The van der Waals surface area contributed by atoms with E-state index in [9.17, 15) is 4.39 Å². The van der Waals surface area contributed by atoms with E-state index in [4.69, 9.17) is 11.6 Å². The van der Waals surface area contributed by atoms with Gasteiger partial charge < -0.3 is 5.32 Å². The van der Waals surface area contributed by atoms with E-state index in [2.05, 4.69) is 10.3 Å². The van der Waals surface area contributed by atoms with Crippen LogP contribution >= 0.6 is 22.9 Å². The first-order valence-corrected chi connectivity index (χ1v) is 7.05. The lowest BCUT2D eigenvalue weighted by Gasteiger charge is -1.99. The van der Waals surface area contributed by atoms with Crippen LogP contribution in [0.3, 0.4) is 0 Å². The zero-order valence-corrected chi connectivity index (χ0v) is 11.2. The lowest BCUT2D eigenvalue weighted by molar-refractivity contribution is 0.629. The van der Waals surface area contributed by atoms with Crippen LogP contribution in [0.4, 0.5) is 4.39 Å². The first-order chi connectivity index (χ1) is 8.72. The van der Waals surface area contributed by atoms with Crippen molar-refractivity contribution in [2.75, 3.05) is 0 Å². The van der Waals surface area contributed by atoms with E-state index in [1.54, 1.807) is 23.5 Å². The lowest BCUT2D eigenvalue weighted by Crippen LogP contribution is -2.14. The van der Waals surface area contributed by atoms with Crippen LogP contribution in [0.2, 0.25) is 5.02 Å². The number of nitrogens with one attached hydrogen (secondary N) is 1. The zero-order chi connectivity index (χ0) is 12.5. The van der Waals surface area contributed by atoms with Crippen LogP contribution in [0.1, 0.15) is 17.7 Å². The molecule has 0 aliphatic heterocycles. The van der Waals surface area contributed by atoms with Crippen LogP contribution in [0.15, 0.2) is 24.4 Å². The second-order valence-electron chi connectivity index (χ2n) is 4.42. The predicted octanol–water partition coefficient (Wildman–Crippen LogP) is 3.85. The number of halogens is 2. The molecule has 5 heteroatoms. The van der Waals surface area contributed by atoms with E-state index in [1.807, 2.05) is 6.20 Å². The molecule has 2 nitrogen and oxygen atoms in total. The maximum atomic E-state index is 13.4. The molecular weight excluding hydrogens is 271 g/mol. The molecule has 1 aliphatic rings. The third-order valence-electron chi connectivity index (χ3n) is 2.86. The van der Waals surface area contributed by atoms with Crippen molar-refractivity contribution in [3.05, 3.63) is 40.1 Å². The SMILES string of the molecule is Fc1cc(-c2ncc(CNC3CC3)s2)ccc1Cl. The largest absolute Gasteiger partial charge is 0.309 e. The van der Waals surface area contributed by atoms with Crippen molar-refractivity contribution in [3.8, 4) is 10.6 Å². The van der Waals surface area contributed by atoms with E-state index in [-0.39, 0.29) is 5.02 Å². The third-order valence-corrected chi connectivity index (χ3v) is 4.22. The summed E-state index contributed by atoms with van der Waals surface area (Å²) in [6.07, 6.45) is 4.39. The van der Waals surface area contributed by atoms with E-state index in [0.29, 0.717) is 6.04 Å². The van der Waals surface area contributed by atoms with Crippen LogP contribution in [0, 0.1) is 5.82 Å². The molecule has 2 aromatic rings. The van der Waals surface area contributed by atoms with Crippen LogP contribution in [0.25, 0.3) is 10.6 Å². The molecule has 0 spiro atoms. The van der Waals surface area contributed by atoms with Crippen LogP contribution in [-0.4, -0.2) is 11.0 Å². The van der Waals surface area contributed by atoms with E-state index in [1.165, 1.54) is 23.8 Å². The van der Waals surface area contributed by atoms with Crippen molar-refractivity contribution in [1.29, 1.82) is 0 Å². The van der Waals surface area contributed by atoms with E-state index >= 15 is 0 Å². The Morgan fingerprint density at radius 1 is 1.44 bits per heavy atom. The Hall–Kier alpha value is -0.970. The fourth-order valence-corrected chi connectivity index (χ4v) is 2.66. The fraction of sp³-hybridized carbons (Fsp3) is 0.308. The summed E-state index contributed by atoms with van der Waals surface area (Å²) < 4.78 is 13.4. The Bertz CT molecular complexity index is 566. The molecule has 0 saturated heterocycles. The minimum atomic E-state index is -0.401. The summed E-state index contributed by atoms with van der Waals surface area (Å²) in [7, 11) is 0. The molecule has 1 heterocycles. The van der Waals surface area contributed by atoms with Gasteiger partial charge in [0.1, 0.15) is 10.8 Å². The van der Waals surface area contributed by atoms with Crippen molar-refractivity contribution in [2.24, 2.45) is 0 Å². The van der Waals surface area contributed by atoms with Crippen molar-refractivity contribution in [2.45, 2.75) is 25.4 Å². The maximum Gasteiger partial charge on any atom is 0.142 e. The van der Waals surface area contributed by atoms with Gasteiger partial charge in [-0.05, 0) is 25.0 Å². The quantitative estimate of drug-likeness (QED) is 0.921. The smallest absolute Gasteiger partial charge is 0.142 e. The predicted molar refractivity (Wildman–Crippen MR) is 72.4 cm³/mol. The standard InChI is InChI=1S/C13H12ClFN2S/c14-11-4-1-8(5-12(11)15)13-17-7-10(18-13)6-16-9-2-3-9/h1,4-5,7,9,16H,2-3,6H2. The van der Waals surface area contributed by atoms with Gasteiger partial charge in [0.05, 0.1) is 5.02 Å². The van der Waals surface area contributed by atoms with Gasteiger partial charge in [-0.25, -0.2) is 9.37 Å². The summed E-state index contributed by atoms with van der Waals surface area (Å²) in [4.78, 5) is 5.50. The van der Waals surface area contributed by atoms with Crippen molar-refractivity contribution < 1.29 is 4.39 Å². The van der Waals surface area contributed by atoms with Gasteiger partial charge in [-0.3, -0.25) is 0 Å². The Balaban J connectivity index is 1.76. The fourth-order valence-electron chi connectivity index (χ4n) is 1.68. The Kier molecular flexibility index (Phi) is 3.33. The topological polar surface area (TPSA) is 24.9 Å². The number of hydrogen-bond acceptors (Lipinski definition) is 3. The molecule has 0 amide bonds. The average molecular weight is 283 g/mol. The second kappa shape index (κ2) is 4.96. The number of rotatable bonds is 4. The summed E-state index contributed by atoms with van der Waals surface area (Å²) in [5, 5.41) is 4.41. The molecule has 0 unspecified atom stereocenters. The van der Waals surface area contributed by atoms with Gasteiger partial charge in [0.25, 0.3) is 0 Å². The summed E-state index contributed by atoms with van der Waals surface area (Å²) in [6.45, 7) is 0.846. The van der Waals surface area contributed by atoms with Crippen LogP contribution < -0.4 is 5.32 Å². The highest BCUT2D eigenvalue weighted by atomic mass is 35.5. The highest BCUT2D eigenvalue weighted by molar-refractivity contribution is 7.15. The van der Waals surface area contributed by atoms with Crippen molar-refractivity contribution in [1.82, 2.24) is 10.3 Å². The van der Waals surface area contributed by atoms with Crippen molar-refractivity contribution >= 4 is 22.9 Å². The average Bonchev–Trinajstić information content (AvgIpc) is 3.08. The molecular formula is C13H12ClFN2S. The zero-order valence-electron chi connectivity index (χ0n) is 9.62. The number of hydrogen-bond donors (Lipinski definition) is 1. The Labute approximate surface area is 114 Å². The van der Waals surface area contributed by atoms with Gasteiger partial charge >= 0.3 is 0 Å². The molecule has 1 fully saturated rings. The van der Waals surface area contributed by atoms with Gasteiger partial charge in [0.15, 0.2) is 0 Å². The molecule has 1 aromatic heterocycles. The monoisotopic (exact) mass is 282 g/mol. The summed E-state index contributed by atoms with van der Waals surface area (Å²) in [5.41, 5.74) is 0.777. The molecule has 18 heavy (non-hydrogen) atoms. The number of aromatic nitrogens is 1. The Morgan fingerprint density at radius 3 is 3.00 bits per heavy atom. The number of nitrogens with zero attached hydrogens (tertiary/aromatic N) is 1. The minimum absolute atomic E-state index is 0.144. The summed E-state index contributed by atoms with van der Waals surface area (Å²) >= 11 is 7.25. The van der Waals surface area contributed by atoms with E-state index in [0.717, 1.165) is 17.1 Å². The molecule has 0 radical (unpaired) electrons. The third kappa shape index (κ3) is 2.71. The maximum absolute atomic E-state index is 13.4. The van der Waals surface area contributed by atoms with Gasteiger partial charge in [0, 0.05) is 29.2 Å². The van der Waals surface area contributed by atoms with Gasteiger partial charge in [-0.15, -0.1) is 11.3 Å². The van der Waals surface area contributed by atoms with Crippen LogP contribution in [0.5, 0.6) is 0 Å². The number of benzene rings is 1. The minimum Gasteiger partial charge on any atom is -0.309 e. The first kappa shape index (κ1) is 12.1. The molecule has 1 saturated carbocycles. The summed E-state index contributed by atoms with van der Waals surface area (Å²) in [6, 6.07) is 5.47. The Morgan fingerprint density at radius 2 is 2.28 bits per heavy atom. The van der Waals surface area contributed by atoms with E-state index < -0.39 is 5.82 Å². The molecule has 3 rings (SSSR count). The van der Waals surface area contributed by atoms with Crippen LogP contribution in [-0.2, 0) is 6.54 Å². The molecule has 0 atom stereocenters. The van der Waals surface area contributed by atoms with Gasteiger partial charge in [0.2, 0.25) is 0 Å². The highest BCUT2D eigenvalue weighted by Gasteiger charge is 2.20.